The number of hydrogen-bond acceptors (Lipinski definition) is 5. The van der Waals surface area contributed by atoms with Crippen LogP contribution in [0.3, 0.4) is 0 Å². The Morgan fingerprint density at radius 2 is 1.94 bits per heavy atom. The highest BCUT2D eigenvalue weighted by Gasteiger charge is 2.34. The van der Waals surface area contributed by atoms with Gasteiger partial charge in [-0.3, -0.25) is 9.59 Å². The van der Waals surface area contributed by atoms with Gasteiger partial charge in [0, 0.05) is 6.42 Å². The van der Waals surface area contributed by atoms with Gasteiger partial charge in [-0.05, 0) is 20.3 Å². The van der Waals surface area contributed by atoms with E-state index < -0.39 is 17.7 Å². The highest BCUT2D eigenvalue weighted by molar-refractivity contribution is 5.97. The van der Waals surface area contributed by atoms with Gasteiger partial charge in [-0.2, -0.15) is 0 Å². The lowest BCUT2D eigenvalue weighted by Gasteiger charge is -2.23. The predicted molar refractivity (Wildman–Crippen MR) is 55.7 cm³/mol. The van der Waals surface area contributed by atoms with Crippen LogP contribution in [0.4, 0.5) is 0 Å². The maximum Gasteiger partial charge on any atom is 0.316 e. The fourth-order valence-corrected chi connectivity index (χ4v) is 1.74. The predicted octanol–water partition coefficient (Wildman–Crippen LogP) is 0.908. The van der Waals surface area contributed by atoms with Crippen molar-refractivity contribution in [3.63, 3.8) is 0 Å². The van der Waals surface area contributed by atoms with Crippen molar-refractivity contribution in [2.45, 2.75) is 32.5 Å². The van der Waals surface area contributed by atoms with Crippen LogP contribution in [0.2, 0.25) is 0 Å². The third-order valence-electron chi connectivity index (χ3n) is 2.76. The van der Waals surface area contributed by atoms with Crippen LogP contribution in [-0.4, -0.2) is 37.9 Å². The minimum Gasteiger partial charge on any atom is -0.468 e. The molecule has 92 valence electrons. The molecule has 0 aromatic heterocycles. The Morgan fingerprint density at radius 1 is 1.38 bits per heavy atom. The topological polar surface area (TPSA) is 61.8 Å². The molecular weight excluding hydrogens is 212 g/mol. The fourth-order valence-electron chi connectivity index (χ4n) is 1.74. The lowest BCUT2D eigenvalue weighted by atomic mass is 9.96. The van der Waals surface area contributed by atoms with Crippen LogP contribution in [0.5, 0.6) is 0 Å². The molecule has 0 radical (unpaired) electrons. The van der Waals surface area contributed by atoms with E-state index in [4.69, 9.17) is 9.47 Å². The Balaban J connectivity index is 2.49. The number of methoxy groups -OCH3 is 1. The minimum atomic E-state index is -0.713. The number of ketones is 1. The van der Waals surface area contributed by atoms with E-state index in [0.717, 1.165) is 0 Å². The zero-order valence-corrected chi connectivity index (χ0v) is 9.95. The summed E-state index contributed by atoms with van der Waals surface area (Å²) in [6.07, 6.45) is 0.894. The smallest absolute Gasteiger partial charge is 0.316 e. The maximum absolute atomic E-state index is 11.3. The first kappa shape index (κ1) is 13.1. The lowest BCUT2D eigenvalue weighted by molar-refractivity contribution is -0.158. The Labute approximate surface area is 95.0 Å². The largest absolute Gasteiger partial charge is 0.468 e. The van der Waals surface area contributed by atoms with Gasteiger partial charge >= 0.3 is 5.97 Å². The second-order valence-corrected chi connectivity index (χ2v) is 4.06. The number of hydrogen-bond donors (Lipinski definition) is 0. The first-order chi connectivity index (χ1) is 7.48. The molecule has 0 amide bonds. The highest BCUT2D eigenvalue weighted by Crippen LogP contribution is 2.26. The fraction of sp³-hybridized carbons (Fsp3) is 0.818. The van der Waals surface area contributed by atoms with E-state index in [9.17, 15) is 9.59 Å². The molecule has 1 aliphatic rings. The van der Waals surface area contributed by atoms with E-state index in [1.54, 1.807) is 0 Å². The van der Waals surface area contributed by atoms with Crippen LogP contribution in [0, 0.1) is 5.92 Å². The molecule has 1 saturated heterocycles. The summed E-state index contributed by atoms with van der Waals surface area (Å²) in [6.45, 7) is 4.31. The first-order valence-corrected chi connectivity index (χ1v) is 5.35. The molecule has 1 atom stereocenters. The van der Waals surface area contributed by atoms with Gasteiger partial charge in [-0.15, -0.1) is 0 Å². The number of carbonyl (C=O) groups excluding carboxylic acids is 2. The maximum atomic E-state index is 11.3. The van der Waals surface area contributed by atoms with E-state index in [1.807, 2.05) is 6.92 Å². The minimum absolute atomic E-state index is 0.187. The number of esters is 1. The molecule has 1 aliphatic heterocycles. The van der Waals surface area contributed by atoms with E-state index in [2.05, 4.69) is 4.74 Å². The molecule has 0 bridgehead atoms. The van der Waals surface area contributed by atoms with Crippen molar-refractivity contribution >= 4 is 11.8 Å². The Kier molecular flexibility index (Phi) is 4.44. The molecule has 1 heterocycles. The summed E-state index contributed by atoms with van der Waals surface area (Å²) in [4.78, 5) is 22.6. The second kappa shape index (κ2) is 5.41. The van der Waals surface area contributed by atoms with Crippen molar-refractivity contribution in [2.75, 3.05) is 20.3 Å². The molecule has 5 nitrogen and oxygen atoms in total. The van der Waals surface area contributed by atoms with Gasteiger partial charge in [0.1, 0.15) is 11.7 Å². The molecule has 0 spiro atoms. The number of rotatable bonds is 5. The van der Waals surface area contributed by atoms with Crippen LogP contribution in [0.15, 0.2) is 0 Å². The molecule has 1 fully saturated rings. The summed E-state index contributed by atoms with van der Waals surface area (Å²) in [6, 6.07) is 0. The van der Waals surface area contributed by atoms with Crippen molar-refractivity contribution in [1.82, 2.24) is 0 Å². The molecule has 0 aromatic carbocycles. The Bertz CT molecular complexity index is 268. The van der Waals surface area contributed by atoms with Gasteiger partial charge in [0.2, 0.25) is 0 Å². The van der Waals surface area contributed by atoms with Crippen molar-refractivity contribution in [1.29, 1.82) is 0 Å². The summed E-state index contributed by atoms with van der Waals surface area (Å²) in [5.41, 5.74) is 0. The average Bonchev–Trinajstić information content (AvgIpc) is 2.65. The third-order valence-corrected chi connectivity index (χ3v) is 2.76. The molecule has 0 N–H and O–H groups in total. The van der Waals surface area contributed by atoms with E-state index in [-0.39, 0.29) is 5.78 Å². The molecule has 0 aromatic rings. The number of carbonyl (C=O) groups is 2. The lowest BCUT2D eigenvalue weighted by Crippen LogP contribution is -2.30. The van der Waals surface area contributed by atoms with Crippen molar-refractivity contribution in [3.8, 4) is 0 Å². The zero-order chi connectivity index (χ0) is 12.2. The molecule has 0 unspecified atom stereocenters. The van der Waals surface area contributed by atoms with Crippen LogP contribution >= 0.6 is 0 Å². The van der Waals surface area contributed by atoms with Gasteiger partial charge in [-0.25, -0.2) is 0 Å². The number of ether oxygens (including phenoxy) is 3. The summed E-state index contributed by atoms with van der Waals surface area (Å²) in [5.74, 6) is -2.06. The summed E-state index contributed by atoms with van der Waals surface area (Å²) in [7, 11) is 1.28. The van der Waals surface area contributed by atoms with Gasteiger partial charge in [0.25, 0.3) is 0 Å². The van der Waals surface area contributed by atoms with E-state index >= 15 is 0 Å². The molecule has 0 aliphatic carbocycles. The normalized spacial score (nSPS) is 20.4. The quantitative estimate of drug-likeness (QED) is 0.519. The Hall–Kier alpha value is -0.940. The van der Waals surface area contributed by atoms with Crippen molar-refractivity contribution in [3.05, 3.63) is 0 Å². The molecule has 5 heteroatoms. The molecule has 16 heavy (non-hydrogen) atoms. The zero-order valence-electron chi connectivity index (χ0n) is 9.95. The summed E-state index contributed by atoms with van der Waals surface area (Å²) < 4.78 is 15.4. The molecular formula is C11H18O5. The standard InChI is InChI=1S/C11H18O5/c1-8(12)9(10(13)14-3)4-5-11(2)15-6-7-16-11/h9H,4-7H2,1-3H3/t9-/m0/s1. The SMILES string of the molecule is COC(=O)[C@@H](CCC1(C)OCCO1)C(C)=O. The van der Waals surface area contributed by atoms with Crippen molar-refractivity contribution in [2.24, 2.45) is 5.92 Å². The summed E-state index contributed by atoms with van der Waals surface area (Å²) >= 11 is 0. The van der Waals surface area contributed by atoms with Crippen LogP contribution in [0.1, 0.15) is 26.7 Å². The molecule has 1 rings (SSSR count). The highest BCUT2D eigenvalue weighted by atomic mass is 16.7. The van der Waals surface area contributed by atoms with Gasteiger partial charge in [-0.1, -0.05) is 0 Å². The van der Waals surface area contributed by atoms with E-state index in [0.29, 0.717) is 26.1 Å². The van der Waals surface area contributed by atoms with Gasteiger partial charge in [0.15, 0.2) is 5.79 Å². The second-order valence-electron chi connectivity index (χ2n) is 4.06. The first-order valence-electron chi connectivity index (χ1n) is 5.35. The molecule has 0 saturated carbocycles. The van der Waals surface area contributed by atoms with Crippen LogP contribution < -0.4 is 0 Å². The summed E-state index contributed by atoms with van der Waals surface area (Å²) in [5, 5.41) is 0. The number of Topliss-reactive ketones (excluding diaryl/α,β-unsaturated/α-hetero) is 1. The van der Waals surface area contributed by atoms with Gasteiger partial charge in [0.05, 0.1) is 20.3 Å². The monoisotopic (exact) mass is 230 g/mol. The van der Waals surface area contributed by atoms with Crippen LogP contribution in [-0.2, 0) is 23.8 Å². The Morgan fingerprint density at radius 3 is 2.38 bits per heavy atom. The third kappa shape index (κ3) is 3.28. The van der Waals surface area contributed by atoms with Crippen molar-refractivity contribution < 1.29 is 23.8 Å². The van der Waals surface area contributed by atoms with Crippen LogP contribution in [0.25, 0.3) is 0 Å². The van der Waals surface area contributed by atoms with E-state index in [1.165, 1.54) is 14.0 Å². The van der Waals surface area contributed by atoms with Gasteiger partial charge < -0.3 is 14.2 Å². The average molecular weight is 230 g/mol.